The van der Waals surface area contributed by atoms with Crippen LogP contribution < -0.4 is 14.8 Å². The molecule has 192 valence electrons. The molecule has 3 rings (SSSR count). The molecule has 1 fully saturated rings. The van der Waals surface area contributed by atoms with Gasteiger partial charge in [0.05, 0.1) is 24.7 Å². The van der Waals surface area contributed by atoms with Crippen LogP contribution >= 0.6 is 0 Å². The number of hydrogen-bond acceptors (Lipinski definition) is 6. The maximum absolute atomic E-state index is 12.7. The first-order valence-electron chi connectivity index (χ1n) is 12.0. The number of benzene rings is 2. The minimum atomic E-state index is -3.54. The van der Waals surface area contributed by atoms with Gasteiger partial charge in [-0.2, -0.15) is 4.31 Å². The average molecular weight is 505 g/mol. The first-order valence-corrected chi connectivity index (χ1v) is 13.4. The van der Waals surface area contributed by atoms with E-state index in [-0.39, 0.29) is 22.8 Å². The quantitative estimate of drug-likeness (QED) is 0.499. The van der Waals surface area contributed by atoms with Crippen LogP contribution in [-0.2, 0) is 25.0 Å². The van der Waals surface area contributed by atoms with Crippen LogP contribution in [0.25, 0.3) is 0 Å². The van der Waals surface area contributed by atoms with E-state index >= 15 is 0 Å². The Morgan fingerprint density at radius 3 is 2.20 bits per heavy atom. The maximum Gasteiger partial charge on any atom is 0.261 e. The van der Waals surface area contributed by atoms with Gasteiger partial charge in [-0.25, -0.2) is 8.42 Å². The molecule has 9 heteroatoms. The van der Waals surface area contributed by atoms with Crippen molar-refractivity contribution >= 4 is 15.9 Å². The van der Waals surface area contributed by atoms with Crippen molar-refractivity contribution in [3.63, 3.8) is 0 Å². The van der Waals surface area contributed by atoms with Gasteiger partial charge in [0.15, 0.2) is 6.10 Å². The summed E-state index contributed by atoms with van der Waals surface area (Å²) < 4.78 is 43.6. The van der Waals surface area contributed by atoms with E-state index in [1.54, 1.807) is 12.1 Å². The van der Waals surface area contributed by atoms with Crippen molar-refractivity contribution in [3.8, 4) is 11.5 Å². The smallest absolute Gasteiger partial charge is 0.261 e. The van der Waals surface area contributed by atoms with E-state index in [2.05, 4.69) is 26.1 Å². The second-order valence-corrected chi connectivity index (χ2v) is 11.4. The predicted molar refractivity (Wildman–Crippen MR) is 134 cm³/mol. The van der Waals surface area contributed by atoms with Gasteiger partial charge in [-0.15, -0.1) is 0 Å². The second kappa shape index (κ2) is 11.9. The van der Waals surface area contributed by atoms with Crippen molar-refractivity contribution in [2.24, 2.45) is 0 Å². The Hall–Kier alpha value is -2.62. The van der Waals surface area contributed by atoms with Crippen molar-refractivity contribution in [1.82, 2.24) is 9.62 Å². The lowest BCUT2D eigenvalue weighted by Gasteiger charge is -2.26. The van der Waals surface area contributed by atoms with Crippen LogP contribution in [0.4, 0.5) is 0 Å². The molecule has 1 heterocycles. The standard InChI is InChI=1S/C26H36N2O6S/c1-5-24(34-22-8-6-20(7-9-22)26(2,3)4)25(29)27-14-17-33-21-10-12-23(13-11-21)35(30,31)28-15-18-32-19-16-28/h6-13,24H,5,14-19H2,1-4H3,(H,27,29)/t24-/m0/s1. The van der Waals surface area contributed by atoms with Crippen molar-refractivity contribution < 1.29 is 27.4 Å². The van der Waals surface area contributed by atoms with Gasteiger partial charge in [0.1, 0.15) is 18.1 Å². The monoisotopic (exact) mass is 504 g/mol. The highest BCUT2D eigenvalue weighted by atomic mass is 32.2. The first kappa shape index (κ1) is 27.0. The Morgan fingerprint density at radius 2 is 1.63 bits per heavy atom. The third-order valence-electron chi connectivity index (χ3n) is 5.76. The van der Waals surface area contributed by atoms with Crippen LogP contribution in [0, 0.1) is 0 Å². The summed E-state index contributed by atoms with van der Waals surface area (Å²) in [6, 6.07) is 14.1. The van der Waals surface area contributed by atoms with Gasteiger partial charge in [0.2, 0.25) is 10.0 Å². The number of morpholine rings is 1. The molecule has 1 aliphatic rings. The van der Waals surface area contributed by atoms with Gasteiger partial charge < -0.3 is 19.5 Å². The van der Waals surface area contributed by atoms with Crippen LogP contribution in [0.1, 0.15) is 39.7 Å². The molecule has 0 radical (unpaired) electrons. The highest BCUT2D eigenvalue weighted by Gasteiger charge is 2.26. The summed E-state index contributed by atoms with van der Waals surface area (Å²) in [4.78, 5) is 12.8. The van der Waals surface area contributed by atoms with Gasteiger partial charge in [-0.3, -0.25) is 4.79 Å². The van der Waals surface area contributed by atoms with E-state index < -0.39 is 16.1 Å². The first-order chi connectivity index (χ1) is 16.6. The van der Waals surface area contributed by atoms with Crippen LogP contribution in [0.5, 0.6) is 11.5 Å². The lowest BCUT2D eigenvalue weighted by atomic mass is 9.87. The van der Waals surface area contributed by atoms with E-state index in [0.717, 1.165) is 0 Å². The fraction of sp³-hybridized carbons (Fsp3) is 0.500. The second-order valence-electron chi connectivity index (χ2n) is 9.42. The number of carbonyl (C=O) groups is 1. The van der Waals surface area contributed by atoms with Crippen molar-refractivity contribution in [2.75, 3.05) is 39.5 Å². The van der Waals surface area contributed by atoms with Crippen LogP contribution in [-0.4, -0.2) is 64.2 Å². The van der Waals surface area contributed by atoms with E-state index in [1.165, 1.54) is 22.0 Å². The van der Waals surface area contributed by atoms with Gasteiger partial charge >= 0.3 is 0 Å². The number of ether oxygens (including phenoxy) is 3. The SMILES string of the molecule is CC[C@H](Oc1ccc(C(C)(C)C)cc1)C(=O)NCCOc1ccc(S(=O)(=O)N2CCOCC2)cc1. The van der Waals surface area contributed by atoms with E-state index in [4.69, 9.17) is 14.2 Å². The molecule has 2 aromatic carbocycles. The molecule has 1 atom stereocenters. The normalized spacial score (nSPS) is 15.9. The number of carbonyl (C=O) groups excluding carboxylic acids is 1. The molecule has 2 aromatic rings. The van der Waals surface area contributed by atoms with Gasteiger partial charge in [0.25, 0.3) is 5.91 Å². The largest absolute Gasteiger partial charge is 0.492 e. The summed E-state index contributed by atoms with van der Waals surface area (Å²) in [6.07, 6.45) is -0.0626. The molecular formula is C26H36N2O6S. The fourth-order valence-corrected chi connectivity index (χ4v) is 5.03. The Balaban J connectivity index is 1.45. The van der Waals surface area contributed by atoms with Gasteiger partial charge in [-0.1, -0.05) is 39.8 Å². The van der Waals surface area contributed by atoms with Crippen LogP contribution in [0.2, 0.25) is 0 Å². The maximum atomic E-state index is 12.7. The number of nitrogens with one attached hydrogen (secondary N) is 1. The number of rotatable bonds is 10. The molecule has 1 N–H and O–H groups in total. The Kier molecular flexibility index (Phi) is 9.15. The van der Waals surface area contributed by atoms with Gasteiger partial charge in [0, 0.05) is 13.1 Å². The van der Waals surface area contributed by atoms with E-state index in [0.29, 0.717) is 50.8 Å². The third-order valence-corrected chi connectivity index (χ3v) is 7.68. The van der Waals surface area contributed by atoms with E-state index in [9.17, 15) is 13.2 Å². The average Bonchev–Trinajstić information content (AvgIpc) is 2.85. The molecule has 35 heavy (non-hydrogen) atoms. The molecule has 0 aliphatic carbocycles. The minimum absolute atomic E-state index is 0.0530. The molecule has 0 bridgehead atoms. The molecule has 0 spiro atoms. The molecule has 0 aromatic heterocycles. The highest BCUT2D eigenvalue weighted by Crippen LogP contribution is 2.25. The zero-order chi connectivity index (χ0) is 25.5. The van der Waals surface area contributed by atoms with Crippen molar-refractivity contribution in [1.29, 1.82) is 0 Å². The third kappa shape index (κ3) is 7.43. The van der Waals surface area contributed by atoms with Crippen molar-refractivity contribution in [2.45, 2.75) is 50.5 Å². The lowest BCUT2D eigenvalue weighted by molar-refractivity contribution is -0.128. The van der Waals surface area contributed by atoms with Crippen LogP contribution in [0.15, 0.2) is 53.4 Å². The summed E-state index contributed by atoms with van der Waals surface area (Å²) in [7, 11) is -3.54. The lowest BCUT2D eigenvalue weighted by Crippen LogP contribution is -2.40. The zero-order valence-electron chi connectivity index (χ0n) is 21.0. The predicted octanol–water partition coefficient (Wildman–Crippen LogP) is 3.36. The summed E-state index contributed by atoms with van der Waals surface area (Å²) in [6.45, 7) is 10.4. The Bertz CT molecular complexity index is 1060. The fourth-order valence-electron chi connectivity index (χ4n) is 3.62. The number of amides is 1. The Morgan fingerprint density at radius 1 is 1.03 bits per heavy atom. The van der Waals surface area contributed by atoms with Crippen molar-refractivity contribution in [3.05, 3.63) is 54.1 Å². The summed E-state index contributed by atoms with van der Waals surface area (Å²) >= 11 is 0. The zero-order valence-corrected chi connectivity index (χ0v) is 21.8. The molecule has 1 amide bonds. The van der Waals surface area contributed by atoms with Gasteiger partial charge in [-0.05, 0) is 53.8 Å². The number of nitrogens with zero attached hydrogens (tertiary/aromatic N) is 1. The molecule has 0 saturated carbocycles. The summed E-state index contributed by atoms with van der Waals surface area (Å²) in [5, 5.41) is 2.84. The highest BCUT2D eigenvalue weighted by molar-refractivity contribution is 7.89. The minimum Gasteiger partial charge on any atom is -0.492 e. The molecule has 1 saturated heterocycles. The topological polar surface area (TPSA) is 94.2 Å². The van der Waals surface area contributed by atoms with E-state index in [1.807, 2.05) is 31.2 Å². The van der Waals surface area contributed by atoms with Crippen LogP contribution in [0.3, 0.4) is 0 Å². The summed E-state index contributed by atoms with van der Waals surface area (Å²) in [5.74, 6) is 0.980. The molecular weight excluding hydrogens is 468 g/mol. The molecule has 1 aliphatic heterocycles. The molecule has 8 nitrogen and oxygen atoms in total. The molecule has 0 unspecified atom stereocenters. The number of hydrogen-bond donors (Lipinski definition) is 1. The number of sulfonamides is 1. The Labute approximate surface area is 208 Å². The summed E-state index contributed by atoms with van der Waals surface area (Å²) in [5.41, 5.74) is 1.25.